The number of Topliss-reactive ketones (excluding diaryl/α,β-unsaturated/α-hetero) is 1. The summed E-state index contributed by atoms with van der Waals surface area (Å²) in [6.07, 6.45) is 0. The second kappa shape index (κ2) is 7.14. The fraction of sp³-hybridized carbons (Fsp3) is 0.167. The minimum atomic E-state index is -1.03. The minimum Gasteiger partial charge on any atom is -0.305 e. The first kappa shape index (κ1) is 17.3. The smallest absolute Gasteiger partial charge is 0.191 e. The van der Waals surface area contributed by atoms with Crippen LogP contribution in [-0.4, -0.2) is 25.8 Å². The highest BCUT2D eigenvalue weighted by Gasteiger charge is 2.21. The molecule has 0 unspecified atom stereocenters. The Labute approximate surface area is 147 Å². The lowest BCUT2D eigenvalue weighted by atomic mass is 10.1. The highest BCUT2D eigenvalue weighted by atomic mass is 32.2. The van der Waals surface area contributed by atoms with E-state index in [4.69, 9.17) is 0 Å². The van der Waals surface area contributed by atoms with E-state index in [1.54, 1.807) is 11.5 Å². The Bertz CT molecular complexity index is 912. The molecule has 3 aromatic rings. The summed E-state index contributed by atoms with van der Waals surface area (Å²) >= 11 is 1.22. The molecule has 0 bridgehead atoms. The molecule has 0 aliphatic rings. The first-order valence-corrected chi connectivity index (χ1v) is 8.46. The van der Waals surface area contributed by atoms with Gasteiger partial charge in [0.25, 0.3) is 0 Å². The maximum Gasteiger partial charge on any atom is 0.191 e. The van der Waals surface area contributed by atoms with E-state index in [9.17, 15) is 13.6 Å². The first-order valence-electron chi connectivity index (χ1n) is 7.58. The molecule has 0 fully saturated rings. The van der Waals surface area contributed by atoms with E-state index in [1.807, 2.05) is 37.4 Å². The lowest BCUT2D eigenvalue weighted by Gasteiger charge is -2.10. The largest absolute Gasteiger partial charge is 0.305 e. The van der Waals surface area contributed by atoms with Crippen molar-refractivity contribution in [3.8, 4) is 11.4 Å². The number of ketones is 1. The van der Waals surface area contributed by atoms with Gasteiger partial charge in [-0.05, 0) is 25.1 Å². The Kier molecular flexibility index (Phi) is 4.94. The van der Waals surface area contributed by atoms with E-state index in [0.717, 1.165) is 17.7 Å². The zero-order valence-corrected chi connectivity index (χ0v) is 14.4. The van der Waals surface area contributed by atoms with Crippen molar-refractivity contribution in [2.75, 3.05) is 0 Å². The van der Waals surface area contributed by atoms with Crippen molar-refractivity contribution in [3.05, 3.63) is 65.7 Å². The van der Waals surface area contributed by atoms with Crippen LogP contribution in [0.4, 0.5) is 8.78 Å². The molecule has 128 valence electrons. The Morgan fingerprint density at radius 1 is 1.08 bits per heavy atom. The van der Waals surface area contributed by atoms with Gasteiger partial charge in [0.15, 0.2) is 28.4 Å². The zero-order valence-electron chi connectivity index (χ0n) is 13.6. The van der Waals surface area contributed by atoms with Crippen LogP contribution < -0.4 is 0 Å². The topological polar surface area (TPSA) is 47.8 Å². The summed E-state index contributed by atoms with van der Waals surface area (Å²) in [4.78, 5) is 12.4. The molecule has 1 heterocycles. The normalized spacial score (nSPS) is 12.2. The molecule has 0 spiro atoms. The SMILES string of the molecule is C[C@@H](Sc1nnc(-c2ccccc2)n1C)C(=O)c1ccc(F)c(F)c1. The van der Waals surface area contributed by atoms with Crippen molar-refractivity contribution >= 4 is 17.5 Å². The Morgan fingerprint density at radius 2 is 1.80 bits per heavy atom. The quantitative estimate of drug-likeness (QED) is 0.508. The van der Waals surface area contributed by atoms with Crippen LogP contribution in [0.1, 0.15) is 17.3 Å². The highest BCUT2D eigenvalue weighted by molar-refractivity contribution is 8.00. The van der Waals surface area contributed by atoms with Crippen molar-refractivity contribution in [3.63, 3.8) is 0 Å². The maximum atomic E-state index is 13.3. The second-order valence-electron chi connectivity index (χ2n) is 5.48. The predicted octanol–water partition coefficient (Wildman–Crippen LogP) is 4.12. The number of thioether (sulfide) groups is 1. The molecule has 0 aliphatic carbocycles. The lowest BCUT2D eigenvalue weighted by molar-refractivity contribution is 0.0993. The van der Waals surface area contributed by atoms with Crippen LogP contribution in [0.25, 0.3) is 11.4 Å². The molecule has 0 saturated carbocycles. The van der Waals surface area contributed by atoms with Crippen molar-refractivity contribution in [1.82, 2.24) is 14.8 Å². The first-order chi connectivity index (χ1) is 12.0. The van der Waals surface area contributed by atoms with Gasteiger partial charge in [0, 0.05) is 18.2 Å². The van der Waals surface area contributed by atoms with E-state index in [1.165, 1.54) is 17.8 Å². The summed E-state index contributed by atoms with van der Waals surface area (Å²) in [5.74, 6) is -1.62. The van der Waals surface area contributed by atoms with Crippen molar-refractivity contribution in [1.29, 1.82) is 0 Å². The standard InChI is InChI=1S/C18H15F2N3OS/c1-11(16(24)13-8-9-14(19)15(20)10-13)25-18-22-21-17(23(18)2)12-6-4-3-5-7-12/h3-11H,1-2H3/t11-/m1/s1. The van der Waals surface area contributed by atoms with Crippen LogP contribution in [0.5, 0.6) is 0 Å². The number of nitrogens with zero attached hydrogens (tertiary/aromatic N) is 3. The molecule has 25 heavy (non-hydrogen) atoms. The number of rotatable bonds is 5. The molecular weight excluding hydrogens is 344 g/mol. The summed E-state index contributed by atoms with van der Waals surface area (Å²) in [6.45, 7) is 1.70. The number of hydrogen-bond donors (Lipinski definition) is 0. The average Bonchev–Trinajstić information content (AvgIpc) is 2.98. The van der Waals surface area contributed by atoms with Crippen LogP contribution in [0.2, 0.25) is 0 Å². The van der Waals surface area contributed by atoms with Gasteiger partial charge in [-0.3, -0.25) is 4.79 Å². The molecule has 0 aliphatic heterocycles. The van der Waals surface area contributed by atoms with Crippen molar-refractivity contribution < 1.29 is 13.6 Å². The summed E-state index contributed by atoms with van der Waals surface area (Å²) in [6, 6.07) is 12.7. The molecule has 7 heteroatoms. The third-order valence-corrected chi connectivity index (χ3v) is 4.86. The molecule has 0 N–H and O–H groups in total. The van der Waals surface area contributed by atoms with Crippen LogP contribution in [0, 0.1) is 11.6 Å². The van der Waals surface area contributed by atoms with Gasteiger partial charge in [-0.25, -0.2) is 8.78 Å². The molecule has 4 nitrogen and oxygen atoms in total. The van der Waals surface area contributed by atoms with Gasteiger partial charge in [-0.15, -0.1) is 10.2 Å². The highest BCUT2D eigenvalue weighted by Crippen LogP contribution is 2.27. The molecule has 0 amide bonds. The minimum absolute atomic E-state index is 0.129. The van der Waals surface area contributed by atoms with E-state index in [-0.39, 0.29) is 11.3 Å². The summed E-state index contributed by atoms with van der Waals surface area (Å²) in [5.41, 5.74) is 1.05. The number of benzene rings is 2. The van der Waals surface area contributed by atoms with Gasteiger partial charge in [-0.2, -0.15) is 0 Å². The summed E-state index contributed by atoms with van der Waals surface area (Å²) in [5, 5.41) is 8.35. The van der Waals surface area contributed by atoms with Gasteiger partial charge < -0.3 is 4.57 Å². The van der Waals surface area contributed by atoms with Crippen LogP contribution in [0.15, 0.2) is 53.7 Å². The van der Waals surface area contributed by atoms with Gasteiger partial charge in [0.2, 0.25) is 0 Å². The molecule has 0 radical (unpaired) electrons. The third-order valence-electron chi connectivity index (χ3n) is 3.72. The molecule has 3 rings (SSSR count). The van der Waals surface area contributed by atoms with Gasteiger partial charge in [-0.1, -0.05) is 42.1 Å². The number of carbonyl (C=O) groups is 1. The second-order valence-corrected chi connectivity index (χ2v) is 6.79. The monoisotopic (exact) mass is 359 g/mol. The van der Waals surface area contributed by atoms with Gasteiger partial charge in [0.1, 0.15) is 0 Å². The van der Waals surface area contributed by atoms with E-state index in [2.05, 4.69) is 10.2 Å². The van der Waals surface area contributed by atoms with E-state index >= 15 is 0 Å². The number of hydrogen-bond acceptors (Lipinski definition) is 4. The Hall–Kier alpha value is -2.54. The number of aromatic nitrogens is 3. The third kappa shape index (κ3) is 3.61. The molecular formula is C18H15F2N3OS. The fourth-order valence-electron chi connectivity index (χ4n) is 2.35. The molecule has 2 aromatic carbocycles. The van der Waals surface area contributed by atoms with Crippen LogP contribution >= 0.6 is 11.8 Å². The number of halogens is 2. The molecule has 0 saturated heterocycles. The maximum absolute atomic E-state index is 13.3. The van der Waals surface area contributed by atoms with E-state index in [0.29, 0.717) is 11.0 Å². The fourth-order valence-corrected chi connectivity index (χ4v) is 3.24. The predicted molar refractivity (Wildman–Crippen MR) is 92.4 cm³/mol. The lowest BCUT2D eigenvalue weighted by Crippen LogP contribution is -2.15. The van der Waals surface area contributed by atoms with Crippen molar-refractivity contribution in [2.24, 2.45) is 7.05 Å². The zero-order chi connectivity index (χ0) is 18.0. The molecule has 1 aromatic heterocycles. The summed E-state index contributed by atoms with van der Waals surface area (Å²) in [7, 11) is 1.82. The van der Waals surface area contributed by atoms with E-state index < -0.39 is 16.9 Å². The molecule has 1 atom stereocenters. The Morgan fingerprint density at radius 3 is 2.48 bits per heavy atom. The average molecular weight is 359 g/mol. The Balaban J connectivity index is 1.79. The number of carbonyl (C=O) groups excluding carboxylic acids is 1. The summed E-state index contributed by atoms with van der Waals surface area (Å²) < 4.78 is 28.1. The van der Waals surface area contributed by atoms with Crippen LogP contribution in [-0.2, 0) is 7.05 Å². The van der Waals surface area contributed by atoms with Crippen molar-refractivity contribution in [2.45, 2.75) is 17.3 Å². The van der Waals surface area contributed by atoms with Crippen LogP contribution in [0.3, 0.4) is 0 Å². The van der Waals surface area contributed by atoms with Gasteiger partial charge >= 0.3 is 0 Å². The van der Waals surface area contributed by atoms with Gasteiger partial charge in [0.05, 0.1) is 5.25 Å².